The summed E-state index contributed by atoms with van der Waals surface area (Å²) in [6.07, 6.45) is 2.09. The largest absolute Gasteiger partial charge is 0.368 e. The minimum absolute atomic E-state index is 0.0602. The lowest BCUT2D eigenvalue weighted by Crippen LogP contribution is -2.43. The number of nitrogens with two attached hydrogens (primary N) is 1. The highest BCUT2D eigenvalue weighted by Crippen LogP contribution is 2.40. The molecule has 2 aromatic rings. The zero-order chi connectivity index (χ0) is 16.6. The van der Waals surface area contributed by atoms with E-state index in [9.17, 15) is 9.59 Å². The Bertz CT molecular complexity index is 716. The Morgan fingerprint density at radius 1 is 1.17 bits per heavy atom. The van der Waals surface area contributed by atoms with Crippen molar-refractivity contribution in [1.82, 2.24) is 14.8 Å². The van der Waals surface area contributed by atoms with Crippen molar-refractivity contribution in [1.29, 1.82) is 0 Å². The van der Waals surface area contributed by atoms with E-state index in [1.165, 1.54) is 11.0 Å². The number of aromatic nitrogens is 3. The van der Waals surface area contributed by atoms with Crippen molar-refractivity contribution in [3.8, 4) is 0 Å². The summed E-state index contributed by atoms with van der Waals surface area (Å²) >= 11 is 0. The van der Waals surface area contributed by atoms with Crippen LogP contribution in [0, 0.1) is 11.3 Å². The molecule has 3 rings (SSSR count). The topological polar surface area (TPSA) is 90.9 Å². The molecule has 1 atom stereocenters. The van der Waals surface area contributed by atoms with Crippen molar-refractivity contribution in [2.45, 2.75) is 32.7 Å². The maximum absolute atomic E-state index is 12.7. The van der Waals surface area contributed by atoms with Gasteiger partial charge in [-0.1, -0.05) is 44.2 Å². The van der Waals surface area contributed by atoms with Gasteiger partial charge < -0.3 is 5.73 Å². The van der Waals surface area contributed by atoms with Crippen molar-refractivity contribution >= 4 is 17.5 Å². The summed E-state index contributed by atoms with van der Waals surface area (Å²) in [7, 11) is 0. The van der Waals surface area contributed by atoms with Crippen LogP contribution in [0.1, 0.15) is 38.3 Å². The van der Waals surface area contributed by atoms with E-state index in [1.807, 2.05) is 44.2 Å². The number of carbonyl (C=O) groups excluding carboxylic acids is 2. The molecule has 0 radical (unpaired) electrons. The smallest absolute Gasteiger partial charge is 0.219 e. The van der Waals surface area contributed by atoms with Gasteiger partial charge in [-0.2, -0.15) is 5.10 Å². The minimum Gasteiger partial charge on any atom is -0.368 e. The molecule has 1 aromatic carbocycles. The van der Waals surface area contributed by atoms with Gasteiger partial charge in [0.25, 0.3) is 0 Å². The quantitative estimate of drug-likeness (QED) is 0.876. The molecule has 6 heteroatoms. The summed E-state index contributed by atoms with van der Waals surface area (Å²) in [5.41, 5.74) is 6.43. The fraction of sp³-hybridized carbons (Fsp3) is 0.412. The Balaban J connectivity index is 2.08. The van der Waals surface area contributed by atoms with Gasteiger partial charge >= 0.3 is 0 Å². The predicted molar refractivity (Wildman–Crippen MR) is 85.5 cm³/mol. The standard InChI is InChI=1S/C17H20N4O2/c1-17(2)8-12(22)14(13(23)9-17)15(11-6-4-3-5-7-11)21-16(18)19-10-20-21/h3-7,10,14-15H,8-9H2,1-2H3,(H2,18,19,20). The van der Waals surface area contributed by atoms with E-state index in [0.717, 1.165) is 5.56 Å². The molecule has 1 aliphatic rings. The van der Waals surface area contributed by atoms with Gasteiger partial charge in [-0.25, -0.2) is 9.67 Å². The van der Waals surface area contributed by atoms with E-state index in [0.29, 0.717) is 12.8 Å². The highest BCUT2D eigenvalue weighted by molar-refractivity contribution is 6.06. The van der Waals surface area contributed by atoms with Crippen molar-refractivity contribution in [3.05, 3.63) is 42.2 Å². The molecule has 2 N–H and O–H groups in total. The first-order valence-corrected chi connectivity index (χ1v) is 7.64. The fourth-order valence-electron chi connectivity index (χ4n) is 3.36. The van der Waals surface area contributed by atoms with Crippen LogP contribution in [0.5, 0.6) is 0 Å². The second kappa shape index (κ2) is 5.61. The molecule has 120 valence electrons. The van der Waals surface area contributed by atoms with Gasteiger partial charge in [0.05, 0.1) is 6.04 Å². The van der Waals surface area contributed by atoms with Gasteiger partial charge in [0, 0.05) is 12.8 Å². The maximum Gasteiger partial charge on any atom is 0.219 e. The Morgan fingerprint density at radius 2 is 1.78 bits per heavy atom. The van der Waals surface area contributed by atoms with Crippen LogP contribution in [0.4, 0.5) is 5.95 Å². The molecule has 1 aliphatic carbocycles. The number of hydrogen-bond donors (Lipinski definition) is 1. The Kier molecular flexibility index (Phi) is 3.75. The molecule has 1 saturated carbocycles. The summed E-state index contributed by atoms with van der Waals surface area (Å²) in [6, 6.07) is 8.85. The van der Waals surface area contributed by atoms with Crippen molar-refractivity contribution in [2.24, 2.45) is 11.3 Å². The number of hydrogen-bond acceptors (Lipinski definition) is 5. The van der Waals surface area contributed by atoms with Crippen LogP contribution in [0.25, 0.3) is 0 Å². The summed E-state index contributed by atoms with van der Waals surface area (Å²) in [6.45, 7) is 3.89. The number of nitrogens with zero attached hydrogens (tertiary/aromatic N) is 3. The van der Waals surface area contributed by atoms with Crippen LogP contribution in [-0.2, 0) is 9.59 Å². The lowest BCUT2D eigenvalue weighted by molar-refractivity contribution is -0.141. The van der Waals surface area contributed by atoms with Crippen LogP contribution < -0.4 is 5.73 Å². The highest BCUT2D eigenvalue weighted by atomic mass is 16.2. The number of carbonyl (C=O) groups is 2. The second-order valence-electron chi connectivity index (χ2n) is 6.85. The number of Topliss-reactive ketones (excluding diaryl/α,β-unsaturated/α-hetero) is 2. The van der Waals surface area contributed by atoms with E-state index >= 15 is 0 Å². The zero-order valence-corrected chi connectivity index (χ0v) is 13.3. The van der Waals surface area contributed by atoms with Crippen molar-refractivity contribution in [2.75, 3.05) is 5.73 Å². The normalized spacial score (nSPS) is 19.7. The highest BCUT2D eigenvalue weighted by Gasteiger charge is 2.45. The molecule has 23 heavy (non-hydrogen) atoms. The van der Waals surface area contributed by atoms with Gasteiger partial charge in [-0.15, -0.1) is 0 Å². The Labute approximate surface area is 134 Å². The lowest BCUT2D eigenvalue weighted by Gasteiger charge is -2.35. The molecular formula is C17H20N4O2. The van der Waals surface area contributed by atoms with Crippen LogP contribution in [-0.4, -0.2) is 26.3 Å². The van der Waals surface area contributed by atoms with E-state index in [-0.39, 0.29) is 22.9 Å². The average Bonchev–Trinajstić information content (AvgIpc) is 2.88. The van der Waals surface area contributed by atoms with Gasteiger partial charge in [0.15, 0.2) is 0 Å². The molecule has 6 nitrogen and oxygen atoms in total. The Hall–Kier alpha value is -2.50. The van der Waals surface area contributed by atoms with Gasteiger partial charge in [0.2, 0.25) is 5.95 Å². The van der Waals surface area contributed by atoms with E-state index < -0.39 is 12.0 Å². The average molecular weight is 312 g/mol. The second-order valence-corrected chi connectivity index (χ2v) is 6.85. The number of nitrogen functional groups attached to an aromatic ring is 1. The third kappa shape index (κ3) is 2.88. The number of rotatable bonds is 3. The van der Waals surface area contributed by atoms with E-state index in [2.05, 4.69) is 10.1 Å². The summed E-state index contributed by atoms with van der Waals surface area (Å²) in [5, 5.41) is 4.15. The number of anilines is 1. The van der Waals surface area contributed by atoms with E-state index in [1.54, 1.807) is 0 Å². The Morgan fingerprint density at radius 3 is 2.30 bits per heavy atom. The monoisotopic (exact) mass is 312 g/mol. The van der Waals surface area contributed by atoms with Crippen LogP contribution in [0.2, 0.25) is 0 Å². The molecule has 1 unspecified atom stereocenters. The summed E-state index contributed by atoms with van der Waals surface area (Å²) < 4.78 is 1.48. The molecule has 0 saturated heterocycles. The molecule has 0 bridgehead atoms. The van der Waals surface area contributed by atoms with Gasteiger partial charge in [0.1, 0.15) is 23.8 Å². The lowest BCUT2D eigenvalue weighted by atomic mass is 9.68. The molecular weight excluding hydrogens is 292 g/mol. The van der Waals surface area contributed by atoms with Crippen molar-refractivity contribution in [3.63, 3.8) is 0 Å². The van der Waals surface area contributed by atoms with E-state index in [4.69, 9.17) is 5.73 Å². The van der Waals surface area contributed by atoms with Crippen molar-refractivity contribution < 1.29 is 9.59 Å². The van der Waals surface area contributed by atoms with Crippen LogP contribution in [0.15, 0.2) is 36.7 Å². The van der Waals surface area contributed by atoms with Gasteiger partial charge in [-0.05, 0) is 11.0 Å². The minimum atomic E-state index is -0.769. The SMILES string of the molecule is CC1(C)CC(=O)C(C(c2ccccc2)n2ncnc2N)C(=O)C1. The number of ketones is 2. The third-order valence-corrected chi connectivity index (χ3v) is 4.32. The maximum atomic E-state index is 12.7. The molecule has 1 heterocycles. The first-order chi connectivity index (χ1) is 10.9. The molecule has 0 amide bonds. The van der Waals surface area contributed by atoms with Crippen LogP contribution in [0.3, 0.4) is 0 Å². The molecule has 1 fully saturated rings. The van der Waals surface area contributed by atoms with Crippen LogP contribution >= 0.6 is 0 Å². The summed E-state index contributed by atoms with van der Waals surface area (Å²) in [5.74, 6) is -0.691. The third-order valence-electron chi connectivity index (χ3n) is 4.32. The molecule has 0 aliphatic heterocycles. The first-order valence-electron chi connectivity index (χ1n) is 7.64. The predicted octanol–water partition coefficient (Wildman–Crippen LogP) is 2.02. The first kappa shape index (κ1) is 15.4. The van der Waals surface area contributed by atoms with Gasteiger partial charge in [-0.3, -0.25) is 9.59 Å². The molecule has 0 spiro atoms. The summed E-state index contributed by atoms with van der Waals surface area (Å²) in [4.78, 5) is 29.4. The fourth-order valence-corrected chi connectivity index (χ4v) is 3.36. The number of benzene rings is 1. The molecule has 1 aromatic heterocycles. The zero-order valence-electron chi connectivity index (χ0n) is 13.3.